The van der Waals surface area contributed by atoms with E-state index in [1.807, 2.05) is 54.9 Å². The molecular weight excluding hydrogens is 336 g/mol. The number of carbonyl (C=O) groups excluding carboxylic acids is 1. The van der Waals surface area contributed by atoms with Gasteiger partial charge in [-0.15, -0.1) is 0 Å². The summed E-state index contributed by atoms with van der Waals surface area (Å²) in [5, 5.41) is 0. The van der Waals surface area contributed by atoms with Gasteiger partial charge in [0.1, 0.15) is 0 Å². The number of ether oxygens (including phenoxy) is 2. The highest BCUT2D eigenvalue weighted by Gasteiger charge is 2.11. The molecule has 1 aromatic heterocycles. The summed E-state index contributed by atoms with van der Waals surface area (Å²) in [6.07, 6.45) is 0.294. The first-order valence-corrected chi connectivity index (χ1v) is 8.68. The average molecular weight is 356 g/mol. The van der Waals surface area contributed by atoms with Crippen LogP contribution in [0.1, 0.15) is 11.1 Å². The molecule has 3 rings (SSSR count). The van der Waals surface area contributed by atoms with E-state index in [2.05, 4.69) is 4.99 Å². The maximum absolute atomic E-state index is 12.3. The Morgan fingerprint density at radius 2 is 1.88 bits per heavy atom. The smallest absolute Gasteiger partial charge is 0.252 e. The summed E-state index contributed by atoms with van der Waals surface area (Å²) in [7, 11) is 5.10. The summed E-state index contributed by atoms with van der Waals surface area (Å²) in [6, 6.07) is 11.7. The lowest BCUT2D eigenvalue weighted by Crippen LogP contribution is -2.14. The van der Waals surface area contributed by atoms with Gasteiger partial charge < -0.3 is 14.0 Å². The van der Waals surface area contributed by atoms with Crippen LogP contribution in [0.25, 0.3) is 10.2 Å². The van der Waals surface area contributed by atoms with Gasteiger partial charge in [0.2, 0.25) is 0 Å². The Labute approximate surface area is 150 Å². The molecule has 0 atom stereocenters. The Balaban J connectivity index is 1.98. The maximum atomic E-state index is 12.3. The monoisotopic (exact) mass is 356 g/mol. The number of nitrogens with zero attached hydrogens (tertiary/aromatic N) is 2. The summed E-state index contributed by atoms with van der Waals surface area (Å²) in [4.78, 5) is 17.3. The molecule has 0 aliphatic heterocycles. The van der Waals surface area contributed by atoms with Crippen molar-refractivity contribution in [3.63, 3.8) is 0 Å². The van der Waals surface area contributed by atoms with Crippen LogP contribution in [0.2, 0.25) is 0 Å². The van der Waals surface area contributed by atoms with Gasteiger partial charge in [0.05, 0.1) is 30.9 Å². The number of fused-ring (bicyclic) bond motifs is 1. The zero-order chi connectivity index (χ0) is 18.0. The third-order valence-corrected chi connectivity index (χ3v) is 5.07. The predicted molar refractivity (Wildman–Crippen MR) is 99.4 cm³/mol. The van der Waals surface area contributed by atoms with Gasteiger partial charge in [0.15, 0.2) is 16.3 Å². The number of carbonyl (C=O) groups is 1. The van der Waals surface area contributed by atoms with Gasteiger partial charge in [0.25, 0.3) is 5.91 Å². The number of aryl methyl sites for hydroxylation is 2. The molecule has 3 aromatic rings. The third-order valence-electron chi connectivity index (χ3n) is 3.97. The number of rotatable bonds is 4. The van der Waals surface area contributed by atoms with E-state index in [-0.39, 0.29) is 5.91 Å². The number of aromatic nitrogens is 1. The van der Waals surface area contributed by atoms with Crippen LogP contribution in [0.15, 0.2) is 41.4 Å². The van der Waals surface area contributed by atoms with E-state index in [4.69, 9.17) is 9.47 Å². The Hall–Kier alpha value is -2.60. The molecule has 0 bridgehead atoms. The Morgan fingerprint density at radius 3 is 2.56 bits per heavy atom. The molecule has 0 fully saturated rings. The Morgan fingerprint density at radius 1 is 1.16 bits per heavy atom. The van der Waals surface area contributed by atoms with Crippen molar-refractivity contribution >= 4 is 27.5 Å². The van der Waals surface area contributed by atoms with Crippen LogP contribution in [0.3, 0.4) is 0 Å². The van der Waals surface area contributed by atoms with E-state index in [1.165, 1.54) is 11.3 Å². The number of amides is 1. The summed E-state index contributed by atoms with van der Waals surface area (Å²) in [6.45, 7) is 2.01. The second kappa shape index (κ2) is 7.11. The highest BCUT2D eigenvalue weighted by atomic mass is 32.1. The van der Waals surface area contributed by atoms with Crippen LogP contribution in [-0.2, 0) is 18.3 Å². The number of benzene rings is 2. The molecule has 130 valence electrons. The van der Waals surface area contributed by atoms with Gasteiger partial charge in [-0.2, -0.15) is 4.99 Å². The normalized spacial score (nSPS) is 11.8. The molecule has 0 aliphatic carbocycles. The summed E-state index contributed by atoms with van der Waals surface area (Å²) < 4.78 is 13.6. The molecule has 1 heterocycles. The van der Waals surface area contributed by atoms with Crippen LogP contribution in [0.4, 0.5) is 0 Å². The quantitative estimate of drug-likeness (QED) is 0.721. The van der Waals surface area contributed by atoms with E-state index in [9.17, 15) is 4.79 Å². The first kappa shape index (κ1) is 17.2. The summed E-state index contributed by atoms with van der Waals surface area (Å²) in [5.74, 6) is 1.15. The van der Waals surface area contributed by atoms with Crippen molar-refractivity contribution in [1.29, 1.82) is 0 Å². The predicted octanol–water partition coefficient (Wildman–Crippen LogP) is 3.24. The van der Waals surface area contributed by atoms with Gasteiger partial charge in [-0.05, 0) is 12.5 Å². The molecule has 0 aliphatic rings. The molecule has 2 aromatic carbocycles. The average Bonchev–Trinajstić information content (AvgIpc) is 2.88. The van der Waals surface area contributed by atoms with Gasteiger partial charge in [-0.1, -0.05) is 41.2 Å². The van der Waals surface area contributed by atoms with Crippen LogP contribution in [0.5, 0.6) is 11.5 Å². The first-order valence-electron chi connectivity index (χ1n) is 7.86. The van der Waals surface area contributed by atoms with E-state index in [0.717, 1.165) is 21.3 Å². The fourth-order valence-corrected chi connectivity index (χ4v) is 3.75. The number of thiazole rings is 1. The fourth-order valence-electron chi connectivity index (χ4n) is 2.70. The van der Waals surface area contributed by atoms with Gasteiger partial charge in [-0.25, -0.2) is 0 Å². The lowest BCUT2D eigenvalue weighted by molar-refractivity contribution is -0.117. The SMILES string of the molecule is COc1cc2sc(=NC(=O)Cc3cccc(C)c3)n(C)c2cc1OC. The molecule has 1 amide bonds. The minimum Gasteiger partial charge on any atom is -0.493 e. The Bertz CT molecular complexity index is 1000. The largest absolute Gasteiger partial charge is 0.493 e. The summed E-state index contributed by atoms with van der Waals surface area (Å²) in [5.41, 5.74) is 3.06. The van der Waals surface area contributed by atoms with Crippen molar-refractivity contribution in [3.05, 3.63) is 52.3 Å². The third kappa shape index (κ3) is 3.58. The second-order valence-electron chi connectivity index (χ2n) is 5.79. The van der Waals surface area contributed by atoms with E-state index >= 15 is 0 Å². The van der Waals surface area contributed by atoms with Crippen molar-refractivity contribution in [2.24, 2.45) is 12.0 Å². The molecule has 6 heteroatoms. The van der Waals surface area contributed by atoms with Crippen LogP contribution in [0, 0.1) is 6.92 Å². The zero-order valence-corrected chi connectivity index (χ0v) is 15.5. The molecule has 0 saturated heterocycles. The molecule has 0 N–H and O–H groups in total. The number of hydrogen-bond acceptors (Lipinski definition) is 4. The molecule has 5 nitrogen and oxygen atoms in total. The van der Waals surface area contributed by atoms with Crippen molar-refractivity contribution in [3.8, 4) is 11.5 Å². The molecule has 0 spiro atoms. The van der Waals surface area contributed by atoms with Gasteiger partial charge >= 0.3 is 0 Å². The minimum atomic E-state index is -0.160. The first-order chi connectivity index (χ1) is 12.0. The topological polar surface area (TPSA) is 52.8 Å². The molecular formula is C19H20N2O3S. The highest BCUT2D eigenvalue weighted by Crippen LogP contribution is 2.32. The van der Waals surface area contributed by atoms with E-state index < -0.39 is 0 Å². The van der Waals surface area contributed by atoms with Crippen LogP contribution < -0.4 is 14.3 Å². The van der Waals surface area contributed by atoms with Crippen molar-refractivity contribution in [2.75, 3.05) is 14.2 Å². The molecule has 0 saturated carbocycles. The number of methoxy groups -OCH3 is 2. The maximum Gasteiger partial charge on any atom is 0.252 e. The van der Waals surface area contributed by atoms with E-state index in [0.29, 0.717) is 22.7 Å². The molecule has 0 unspecified atom stereocenters. The molecule has 25 heavy (non-hydrogen) atoms. The standard InChI is InChI=1S/C19H20N2O3S/c1-12-6-5-7-13(8-12)9-18(22)20-19-21(2)14-10-15(23-3)16(24-4)11-17(14)25-19/h5-8,10-11H,9H2,1-4H3. The van der Waals surface area contributed by atoms with Crippen LogP contribution >= 0.6 is 11.3 Å². The minimum absolute atomic E-state index is 0.160. The van der Waals surface area contributed by atoms with Crippen molar-refractivity contribution in [1.82, 2.24) is 4.57 Å². The second-order valence-corrected chi connectivity index (χ2v) is 6.80. The summed E-state index contributed by atoms with van der Waals surface area (Å²) >= 11 is 1.45. The van der Waals surface area contributed by atoms with Crippen LogP contribution in [-0.4, -0.2) is 24.7 Å². The van der Waals surface area contributed by atoms with Crippen molar-refractivity contribution < 1.29 is 14.3 Å². The van der Waals surface area contributed by atoms with E-state index in [1.54, 1.807) is 14.2 Å². The lowest BCUT2D eigenvalue weighted by atomic mass is 10.1. The lowest BCUT2D eigenvalue weighted by Gasteiger charge is -2.07. The fraction of sp³-hybridized carbons (Fsp3) is 0.263. The number of hydrogen-bond donors (Lipinski definition) is 0. The zero-order valence-electron chi connectivity index (χ0n) is 14.7. The Kier molecular flexibility index (Phi) is 4.90. The molecule has 0 radical (unpaired) electrons. The highest BCUT2D eigenvalue weighted by molar-refractivity contribution is 7.16. The van der Waals surface area contributed by atoms with Gasteiger partial charge in [0, 0.05) is 19.2 Å². The van der Waals surface area contributed by atoms with Crippen molar-refractivity contribution in [2.45, 2.75) is 13.3 Å². The van der Waals surface area contributed by atoms with Gasteiger partial charge in [-0.3, -0.25) is 4.79 Å².